The number of hydrogen-bond donors (Lipinski definition) is 0. The zero-order chi connectivity index (χ0) is 15.7. The van der Waals surface area contributed by atoms with Gasteiger partial charge in [0.05, 0.1) is 11.9 Å². The minimum absolute atomic E-state index is 0.446. The highest BCUT2D eigenvalue weighted by molar-refractivity contribution is 5.21. The number of rotatable bonds is 2. The topological polar surface area (TPSA) is 52.1 Å². The number of aryl methyl sites for hydroxylation is 1. The van der Waals surface area contributed by atoms with E-state index >= 15 is 0 Å². The Morgan fingerprint density at radius 2 is 1.55 bits per heavy atom. The van der Waals surface area contributed by atoms with Gasteiger partial charge >= 0.3 is 0 Å². The number of aromatic nitrogens is 2. The molecule has 0 amide bonds. The molecule has 0 radical (unpaired) electrons. The van der Waals surface area contributed by atoms with Crippen LogP contribution in [-0.4, -0.2) is 10.3 Å². The molecule has 0 aliphatic heterocycles. The van der Waals surface area contributed by atoms with Crippen molar-refractivity contribution >= 4 is 0 Å². The quantitative estimate of drug-likeness (QED) is 0.755. The normalized spacial score (nSPS) is 9.90. The van der Waals surface area contributed by atoms with Crippen LogP contribution in [-0.2, 0) is 0 Å². The molecule has 2 aromatic heterocycles. The van der Waals surface area contributed by atoms with Gasteiger partial charge in [-0.1, -0.05) is 51.9 Å². The van der Waals surface area contributed by atoms with Crippen LogP contribution in [0.15, 0.2) is 21.3 Å². The van der Waals surface area contributed by atoms with E-state index in [1.807, 2.05) is 33.8 Å². The summed E-state index contributed by atoms with van der Waals surface area (Å²) in [6.45, 7) is 16.4. The van der Waals surface area contributed by atoms with Crippen LogP contribution < -0.4 is 0 Å². The maximum atomic E-state index is 5.11. The van der Waals surface area contributed by atoms with Crippen molar-refractivity contribution < 1.29 is 9.05 Å². The Morgan fingerprint density at radius 3 is 1.75 bits per heavy atom. The lowest BCUT2D eigenvalue weighted by Gasteiger charge is -1.97. The van der Waals surface area contributed by atoms with E-state index in [9.17, 15) is 0 Å². The second-order valence-corrected chi connectivity index (χ2v) is 4.98. The summed E-state index contributed by atoms with van der Waals surface area (Å²) in [7, 11) is 0. The second kappa shape index (κ2) is 9.34. The molecule has 0 atom stereocenters. The minimum Gasteiger partial charge on any atom is -0.361 e. The third-order valence-electron chi connectivity index (χ3n) is 2.74. The molecule has 0 aliphatic rings. The number of nitrogens with zero attached hydrogens (tertiary/aromatic N) is 2. The van der Waals surface area contributed by atoms with Gasteiger partial charge in [0, 0.05) is 23.5 Å². The number of hydrogen-bond acceptors (Lipinski definition) is 4. The SMILES string of the molecule is CC.CC(C)c1ccno1.Cc1noc(C(C)C)c1C. The van der Waals surface area contributed by atoms with Crippen molar-refractivity contribution in [2.75, 3.05) is 0 Å². The molecule has 0 N–H and O–H groups in total. The summed E-state index contributed by atoms with van der Waals surface area (Å²) in [6, 6.07) is 1.88. The predicted molar refractivity (Wildman–Crippen MR) is 82.0 cm³/mol. The lowest BCUT2D eigenvalue weighted by Crippen LogP contribution is -1.86. The summed E-state index contributed by atoms with van der Waals surface area (Å²) >= 11 is 0. The molecule has 0 fully saturated rings. The average molecular weight is 280 g/mol. The monoisotopic (exact) mass is 280 g/mol. The lowest BCUT2D eigenvalue weighted by molar-refractivity contribution is 0.367. The largest absolute Gasteiger partial charge is 0.361 e. The molecule has 0 saturated heterocycles. The molecule has 4 heteroatoms. The summed E-state index contributed by atoms with van der Waals surface area (Å²) in [4.78, 5) is 0. The Hall–Kier alpha value is -1.58. The lowest BCUT2D eigenvalue weighted by atomic mass is 10.1. The summed E-state index contributed by atoms with van der Waals surface area (Å²) < 4.78 is 9.95. The molecule has 0 aliphatic carbocycles. The highest BCUT2D eigenvalue weighted by Crippen LogP contribution is 2.20. The van der Waals surface area contributed by atoms with Gasteiger partial charge in [-0.15, -0.1) is 0 Å². The van der Waals surface area contributed by atoms with Gasteiger partial charge in [-0.25, -0.2) is 0 Å². The Labute approximate surface area is 122 Å². The Morgan fingerprint density at radius 1 is 0.950 bits per heavy atom. The van der Waals surface area contributed by atoms with Gasteiger partial charge in [-0.05, 0) is 13.8 Å². The fourth-order valence-electron chi connectivity index (χ4n) is 1.49. The molecule has 0 bridgehead atoms. The molecular weight excluding hydrogens is 252 g/mol. The van der Waals surface area contributed by atoms with Gasteiger partial charge in [0.1, 0.15) is 11.5 Å². The Bertz CT molecular complexity index is 457. The molecular formula is C16H28N2O2. The molecule has 2 rings (SSSR count). The third kappa shape index (κ3) is 5.59. The van der Waals surface area contributed by atoms with Crippen molar-refractivity contribution in [2.45, 2.75) is 67.2 Å². The Balaban J connectivity index is 0.000000327. The van der Waals surface area contributed by atoms with E-state index in [2.05, 4.69) is 38.0 Å². The van der Waals surface area contributed by atoms with Crippen molar-refractivity contribution in [1.29, 1.82) is 0 Å². The molecule has 4 nitrogen and oxygen atoms in total. The van der Waals surface area contributed by atoms with Crippen molar-refractivity contribution in [3.63, 3.8) is 0 Å². The summed E-state index contributed by atoms with van der Waals surface area (Å²) in [5.41, 5.74) is 2.19. The predicted octanol–water partition coefficient (Wildman–Crippen LogP) is 5.24. The highest BCUT2D eigenvalue weighted by atomic mass is 16.5. The molecule has 0 spiro atoms. The molecule has 0 saturated carbocycles. The van der Waals surface area contributed by atoms with E-state index in [4.69, 9.17) is 9.05 Å². The van der Waals surface area contributed by atoms with E-state index in [-0.39, 0.29) is 0 Å². The molecule has 114 valence electrons. The fraction of sp³-hybridized carbons (Fsp3) is 0.625. The van der Waals surface area contributed by atoms with E-state index in [0.29, 0.717) is 11.8 Å². The molecule has 2 heterocycles. The van der Waals surface area contributed by atoms with Crippen LogP contribution in [0.3, 0.4) is 0 Å². The maximum Gasteiger partial charge on any atom is 0.142 e. The molecule has 0 aromatic carbocycles. The average Bonchev–Trinajstić information content (AvgIpc) is 3.04. The van der Waals surface area contributed by atoms with Crippen molar-refractivity contribution in [2.24, 2.45) is 0 Å². The summed E-state index contributed by atoms with van der Waals surface area (Å²) in [5.74, 6) is 2.86. The molecule has 0 unspecified atom stereocenters. The summed E-state index contributed by atoms with van der Waals surface area (Å²) in [5, 5.41) is 7.43. The van der Waals surface area contributed by atoms with Gasteiger partial charge in [-0.2, -0.15) is 0 Å². The smallest absolute Gasteiger partial charge is 0.142 e. The molecule has 2 aromatic rings. The van der Waals surface area contributed by atoms with E-state index in [0.717, 1.165) is 17.2 Å². The zero-order valence-corrected chi connectivity index (χ0v) is 14.0. The van der Waals surface area contributed by atoms with Gasteiger partial charge < -0.3 is 9.05 Å². The van der Waals surface area contributed by atoms with Gasteiger partial charge in [0.2, 0.25) is 0 Å². The molecule has 20 heavy (non-hydrogen) atoms. The fourth-order valence-corrected chi connectivity index (χ4v) is 1.49. The van der Waals surface area contributed by atoms with Crippen LogP contribution in [0.2, 0.25) is 0 Å². The van der Waals surface area contributed by atoms with Gasteiger partial charge in [0.25, 0.3) is 0 Å². The summed E-state index contributed by atoms with van der Waals surface area (Å²) in [6.07, 6.45) is 1.66. The van der Waals surface area contributed by atoms with E-state index in [1.165, 1.54) is 5.56 Å². The van der Waals surface area contributed by atoms with Crippen LogP contribution in [0.1, 0.15) is 76.2 Å². The second-order valence-electron chi connectivity index (χ2n) is 4.98. The first-order valence-corrected chi connectivity index (χ1v) is 7.26. The highest BCUT2D eigenvalue weighted by Gasteiger charge is 2.10. The van der Waals surface area contributed by atoms with Crippen LogP contribution in [0, 0.1) is 13.8 Å². The maximum absolute atomic E-state index is 5.11. The van der Waals surface area contributed by atoms with Crippen molar-refractivity contribution in [3.05, 3.63) is 35.0 Å². The van der Waals surface area contributed by atoms with Crippen LogP contribution >= 0.6 is 0 Å². The minimum atomic E-state index is 0.446. The first-order chi connectivity index (χ1) is 9.43. The third-order valence-corrected chi connectivity index (χ3v) is 2.74. The van der Waals surface area contributed by atoms with E-state index in [1.54, 1.807) is 6.20 Å². The van der Waals surface area contributed by atoms with Gasteiger partial charge in [-0.3, -0.25) is 0 Å². The van der Waals surface area contributed by atoms with E-state index < -0.39 is 0 Å². The zero-order valence-electron chi connectivity index (χ0n) is 14.0. The van der Waals surface area contributed by atoms with Crippen LogP contribution in [0.5, 0.6) is 0 Å². The van der Waals surface area contributed by atoms with Crippen LogP contribution in [0.4, 0.5) is 0 Å². The van der Waals surface area contributed by atoms with Gasteiger partial charge in [0.15, 0.2) is 0 Å². The van der Waals surface area contributed by atoms with Crippen molar-refractivity contribution in [1.82, 2.24) is 10.3 Å². The Kier molecular flexibility index (Phi) is 8.61. The first-order valence-electron chi connectivity index (χ1n) is 7.26. The van der Waals surface area contributed by atoms with Crippen LogP contribution in [0.25, 0.3) is 0 Å². The van der Waals surface area contributed by atoms with Crippen molar-refractivity contribution in [3.8, 4) is 0 Å². The standard InChI is InChI=1S/C8H13NO.C6H9NO.C2H6/c1-5(2)8-6(3)7(4)9-10-8;1-5(2)6-3-4-7-8-6;1-2/h5H,1-4H3;3-5H,1-2H3;1-2H3. The first kappa shape index (κ1) is 18.4.